The summed E-state index contributed by atoms with van der Waals surface area (Å²) in [5.41, 5.74) is -5.88. The minimum atomic E-state index is -8.62. The van der Waals surface area contributed by atoms with E-state index in [9.17, 15) is 145 Å². The van der Waals surface area contributed by atoms with E-state index >= 15 is 26.3 Å². The minimum Gasteiger partial charge on any atom is -0.413 e. The van der Waals surface area contributed by atoms with Gasteiger partial charge in [-0.2, -0.15) is 167 Å². The van der Waals surface area contributed by atoms with Crippen LogP contribution in [0.2, 0.25) is 0 Å². The Morgan fingerprint density at radius 1 is 0.268 bits per heavy atom. The van der Waals surface area contributed by atoms with Crippen molar-refractivity contribution >= 4 is 12.9 Å². The van der Waals surface area contributed by atoms with E-state index in [2.05, 4.69) is 0 Å². The lowest BCUT2D eigenvalue weighted by atomic mass is 10.00. The Hall–Kier alpha value is -5.33. The molecule has 0 N–H and O–H groups in total. The molecule has 0 bridgehead atoms. The summed E-state index contributed by atoms with van der Waals surface area (Å²) >= 11 is 0. The third-order valence-corrected chi connectivity index (χ3v) is 11.3. The van der Waals surface area contributed by atoms with Gasteiger partial charge in [-0.05, 0) is 60.7 Å². The molecule has 0 radical (unpaired) electrons. The zero-order valence-corrected chi connectivity index (χ0v) is 37.6. The third kappa shape index (κ3) is 12.1. The average Bonchev–Trinajstić information content (AvgIpc) is 3.26. The summed E-state index contributed by atoms with van der Waals surface area (Å²) in [5, 5.41) is -1.01. The number of benzene rings is 3. The molecule has 0 aliphatic rings. The maximum atomic E-state index is 15.3. The molecule has 0 saturated carbocycles. The molecule has 46 heteroatoms. The fourth-order valence-electron chi connectivity index (χ4n) is 5.29. The Labute approximate surface area is 423 Å². The summed E-state index contributed by atoms with van der Waals surface area (Å²) in [6.45, 7) is 0. The number of hydrogen-bond donors (Lipinski definition) is 0. The van der Waals surface area contributed by atoms with E-state index in [4.69, 9.17) is 9.05 Å². The van der Waals surface area contributed by atoms with Gasteiger partial charge < -0.3 is 9.05 Å². The van der Waals surface area contributed by atoms with Gasteiger partial charge in [-0.3, -0.25) is 18.9 Å². The number of alkyl halides is 38. The smallest absolute Gasteiger partial charge is 0.413 e. The second-order valence-electron chi connectivity index (χ2n) is 15.2. The van der Waals surface area contributed by atoms with Crippen LogP contribution in [-0.4, -0.2) is 96.8 Å². The number of ether oxygens (including phenoxy) is 4. The molecule has 3 aromatic rings. The molecule has 0 heterocycles. The summed E-state index contributed by atoms with van der Waals surface area (Å²) in [5.74, 6) is -67.4. The van der Waals surface area contributed by atoms with Gasteiger partial charge in [0.25, 0.3) is 0 Å². The molecule has 3 rings (SSSR count). The van der Waals surface area contributed by atoms with Crippen LogP contribution in [0, 0.1) is 0 Å². The average molecular weight is 1310 g/mol. The zero-order valence-electron chi connectivity index (χ0n) is 36.7. The van der Waals surface area contributed by atoms with Gasteiger partial charge in [0.2, 0.25) is 0 Å². The van der Waals surface area contributed by atoms with Crippen molar-refractivity contribution in [3.05, 3.63) is 90.0 Å². The van der Waals surface area contributed by atoms with Gasteiger partial charge in [-0.25, -0.2) is 4.57 Å². The quantitative estimate of drug-likeness (QED) is 0.0777. The number of halogens is 38. The lowest BCUT2D eigenvalue weighted by Gasteiger charge is -2.42. The van der Waals surface area contributed by atoms with E-state index in [0.29, 0.717) is 12.1 Å². The van der Waals surface area contributed by atoms with Crippen molar-refractivity contribution in [3.8, 4) is 11.5 Å². The summed E-state index contributed by atoms with van der Waals surface area (Å²) < 4.78 is 553. The molecule has 0 spiro atoms. The molecule has 4 unspecified atom stereocenters. The Bertz CT molecular complexity index is 2570. The van der Waals surface area contributed by atoms with Crippen LogP contribution >= 0.6 is 7.60 Å². The molecular formula is C36H13F38O7P. The molecular weight excluding hydrogens is 1300 g/mol. The first kappa shape index (κ1) is 70.9. The molecule has 0 fully saturated rings. The Morgan fingerprint density at radius 2 is 0.500 bits per heavy atom. The van der Waals surface area contributed by atoms with Gasteiger partial charge in [0.05, 0.1) is 5.30 Å². The summed E-state index contributed by atoms with van der Waals surface area (Å²) in [7, 11) is -5.78. The molecule has 0 saturated heterocycles. The zero-order chi connectivity index (χ0) is 64.8. The van der Waals surface area contributed by atoms with Gasteiger partial charge >= 0.3 is 116 Å². The third-order valence-electron chi connectivity index (χ3n) is 9.49. The van der Waals surface area contributed by atoms with E-state index in [1.54, 1.807) is 9.47 Å². The second kappa shape index (κ2) is 20.7. The van der Waals surface area contributed by atoms with Crippen LogP contribution < -0.4 is 14.4 Å². The van der Waals surface area contributed by atoms with Crippen molar-refractivity contribution in [2.75, 3.05) is 0 Å². The van der Waals surface area contributed by atoms with Crippen molar-refractivity contribution in [2.45, 2.75) is 109 Å². The van der Waals surface area contributed by atoms with Crippen molar-refractivity contribution in [3.63, 3.8) is 0 Å². The highest BCUT2D eigenvalue weighted by Crippen LogP contribution is 2.63. The molecule has 82 heavy (non-hydrogen) atoms. The highest BCUT2D eigenvalue weighted by atomic mass is 31.2. The lowest BCUT2D eigenvalue weighted by Crippen LogP contribution is -2.69. The Kier molecular flexibility index (Phi) is 17.9. The molecule has 7 nitrogen and oxygen atoms in total. The molecule has 0 amide bonds. The molecule has 4 atom stereocenters. The lowest BCUT2D eigenvalue weighted by molar-refractivity contribution is -0.562. The van der Waals surface area contributed by atoms with E-state index in [1.807, 2.05) is 0 Å². The summed E-state index contributed by atoms with van der Waals surface area (Å²) in [4.78, 5) is 0. The number of hydrogen-bond acceptors (Lipinski definition) is 7. The van der Waals surface area contributed by atoms with Crippen LogP contribution in [0.15, 0.2) is 78.9 Å². The van der Waals surface area contributed by atoms with Crippen LogP contribution in [0.5, 0.6) is 11.5 Å². The Morgan fingerprint density at radius 3 is 0.720 bits per heavy atom. The topological polar surface area (TPSA) is 72.5 Å². The maximum absolute atomic E-state index is 15.3. The molecule has 0 aromatic heterocycles. The van der Waals surface area contributed by atoms with Gasteiger partial charge in [-0.15, -0.1) is 0 Å². The summed E-state index contributed by atoms with van der Waals surface area (Å²) in [6.07, 6.45) is -82.7. The first-order chi connectivity index (χ1) is 35.8. The SMILES string of the molecule is O=P(Oc1ccc(C(F)(F)C(F)(OC(F)(F)C(F)(OC(F)(F)C(F)(F)C(F)(F)F)C(F)(F)F)C(F)(F)F)cc1)(Oc1ccc(C(F)(F)C(F)(OC(F)(F)C(F)(OC(F)(F)C(F)(F)C(F)(F)F)C(F)(F)F)C(F)(F)F)cc1)c1ccccc1. The van der Waals surface area contributed by atoms with Crippen LogP contribution in [0.4, 0.5) is 167 Å². The standard InChI is InChI=1S/C36H13F38O7P/c37-19(38,23(45,29(55,56)57)78-35(71,72)25(47,31(61,62)63)80-33(67,68)21(41,42)27(49,50)51)14-6-10-16(11-7-14)76-82(75,18-4-2-1-3-5-18)77-17-12-8-15(9-13-17)20(39,40)24(46,30(58,59)60)79-36(73,74)26(48,32(64,65)66)81-34(69,70)22(43,44)28(52,53)54/h1-13H. The molecule has 3 aromatic carbocycles. The highest BCUT2D eigenvalue weighted by molar-refractivity contribution is 7.63. The first-order valence-electron chi connectivity index (χ1n) is 19.0. The molecule has 0 aliphatic heterocycles. The normalized spacial score (nSPS) is 18.6. The van der Waals surface area contributed by atoms with Gasteiger partial charge in [0, 0.05) is 11.1 Å². The van der Waals surface area contributed by atoms with Gasteiger partial charge in [0.1, 0.15) is 11.5 Å². The van der Waals surface area contributed by atoms with E-state index in [1.165, 1.54) is 9.47 Å². The predicted octanol–water partition coefficient (Wildman–Crippen LogP) is 16.6. The fraction of sp³-hybridized carbons (Fsp3) is 0.500. The second-order valence-corrected chi connectivity index (χ2v) is 17.1. The minimum absolute atomic E-state index is 0.370. The van der Waals surface area contributed by atoms with Gasteiger partial charge in [-0.1, -0.05) is 18.2 Å². The van der Waals surface area contributed by atoms with E-state index in [-0.39, 0.29) is 24.3 Å². The van der Waals surface area contributed by atoms with E-state index in [0.717, 1.165) is 18.2 Å². The molecule has 0 aliphatic carbocycles. The van der Waals surface area contributed by atoms with E-state index < -0.39 is 168 Å². The monoisotopic (exact) mass is 1310 g/mol. The highest BCUT2D eigenvalue weighted by Gasteiger charge is 2.89. The molecule has 470 valence electrons. The first-order valence-corrected chi connectivity index (χ1v) is 20.6. The van der Waals surface area contributed by atoms with Gasteiger partial charge in [0.15, 0.2) is 0 Å². The fourth-order valence-corrected chi connectivity index (χ4v) is 6.88. The van der Waals surface area contributed by atoms with Crippen molar-refractivity contribution in [1.29, 1.82) is 0 Å². The van der Waals surface area contributed by atoms with Crippen molar-refractivity contribution in [1.82, 2.24) is 0 Å². The van der Waals surface area contributed by atoms with Crippen LogP contribution in [0.3, 0.4) is 0 Å². The van der Waals surface area contributed by atoms with Crippen LogP contribution in [0.1, 0.15) is 11.1 Å². The number of rotatable bonds is 21. The van der Waals surface area contributed by atoms with Crippen LogP contribution in [-0.2, 0) is 35.4 Å². The maximum Gasteiger partial charge on any atom is 0.462 e. The van der Waals surface area contributed by atoms with Crippen molar-refractivity contribution < 1.29 is 199 Å². The van der Waals surface area contributed by atoms with Crippen LogP contribution in [0.25, 0.3) is 0 Å². The van der Waals surface area contributed by atoms with Crippen molar-refractivity contribution in [2.24, 2.45) is 0 Å². The summed E-state index contributed by atoms with van der Waals surface area (Å²) in [6, 6.07) is -0.917. The predicted molar refractivity (Wildman–Crippen MR) is 181 cm³/mol. The Balaban J connectivity index is 2.13. The largest absolute Gasteiger partial charge is 0.462 e.